The summed E-state index contributed by atoms with van der Waals surface area (Å²) in [6.45, 7) is 0. The number of carbonyl (C=O) groups excluding carboxylic acids is 1. The third-order valence-electron chi connectivity index (χ3n) is 0.553. The van der Waals surface area contributed by atoms with Crippen molar-refractivity contribution in [2.45, 2.75) is 12.8 Å². The van der Waals surface area contributed by atoms with Gasteiger partial charge in [0.25, 0.3) is 0 Å². The molecule has 0 aliphatic carbocycles. The van der Waals surface area contributed by atoms with Crippen molar-refractivity contribution in [2.75, 3.05) is 0 Å². The first-order chi connectivity index (χ1) is 5.04. The lowest BCUT2D eigenvalue weighted by Gasteiger charge is -1.85. The lowest BCUT2D eigenvalue weighted by Crippen LogP contribution is -2.00. The standard InChI is InChI=1S/C4H6O4.CHClO/c5-3(6)1-2-4(7)8;2-1-3/h1-2H2,(H,5,6)(H,7,8);1H. The second kappa shape index (κ2) is 8.90. The Kier molecular flexibility index (Phi) is 10.2. The predicted octanol–water partition coefficient (Wildman–Crippen LogP) is 0.351. The minimum absolute atomic E-state index is 0.222. The maximum Gasteiger partial charge on any atom is 0.303 e. The zero-order chi connectivity index (χ0) is 9.28. The normalized spacial score (nSPS) is 7.36. The molecule has 64 valence electrons. The Balaban J connectivity index is 0. The molecule has 0 radical (unpaired) electrons. The molecule has 5 nitrogen and oxygen atoms in total. The van der Waals surface area contributed by atoms with Gasteiger partial charge in [-0.15, -0.1) is 0 Å². The smallest absolute Gasteiger partial charge is 0.303 e. The van der Waals surface area contributed by atoms with Crippen molar-refractivity contribution in [3.63, 3.8) is 0 Å². The van der Waals surface area contributed by atoms with Crippen LogP contribution in [0.15, 0.2) is 0 Å². The molecule has 0 amide bonds. The summed E-state index contributed by atoms with van der Waals surface area (Å²) in [7, 11) is 0. The van der Waals surface area contributed by atoms with Crippen LogP contribution in [0.25, 0.3) is 0 Å². The average molecular weight is 183 g/mol. The molecule has 0 unspecified atom stereocenters. The number of carbonyl (C=O) groups is 3. The van der Waals surface area contributed by atoms with Gasteiger partial charge in [-0.3, -0.25) is 14.4 Å². The van der Waals surface area contributed by atoms with E-state index in [2.05, 4.69) is 11.6 Å². The van der Waals surface area contributed by atoms with Crippen LogP contribution in [-0.4, -0.2) is 27.9 Å². The summed E-state index contributed by atoms with van der Waals surface area (Å²) in [4.78, 5) is 27.9. The first-order valence-corrected chi connectivity index (χ1v) is 2.95. The lowest BCUT2D eigenvalue weighted by molar-refractivity contribution is -0.143. The summed E-state index contributed by atoms with van der Waals surface area (Å²) in [6.07, 6.45) is -0.593. The highest BCUT2D eigenvalue weighted by atomic mass is 35.5. The molecule has 0 fully saturated rings. The van der Waals surface area contributed by atoms with Crippen LogP contribution < -0.4 is 0 Å². The number of carboxylic acids is 2. The zero-order valence-corrected chi connectivity index (χ0v) is 6.24. The minimum atomic E-state index is -1.08. The van der Waals surface area contributed by atoms with Crippen LogP contribution in [-0.2, 0) is 14.4 Å². The van der Waals surface area contributed by atoms with Crippen LogP contribution in [0.2, 0.25) is 0 Å². The minimum Gasteiger partial charge on any atom is -0.481 e. The highest BCUT2D eigenvalue weighted by Crippen LogP contribution is 1.85. The Morgan fingerprint density at radius 2 is 1.36 bits per heavy atom. The van der Waals surface area contributed by atoms with E-state index in [1.807, 2.05) is 0 Å². The molecule has 0 atom stereocenters. The van der Waals surface area contributed by atoms with Gasteiger partial charge in [-0.25, -0.2) is 0 Å². The Hall–Kier alpha value is -1.10. The molecule has 0 aromatic rings. The molecule has 0 saturated heterocycles. The van der Waals surface area contributed by atoms with E-state index in [0.717, 1.165) is 0 Å². The number of halogens is 1. The molecule has 6 heteroatoms. The largest absolute Gasteiger partial charge is 0.481 e. The molecule has 2 N–H and O–H groups in total. The molecule has 0 aromatic heterocycles. The SMILES string of the molecule is O=C(O)CCC(=O)O.O=CCl. The van der Waals surface area contributed by atoms with Crippen molar-refractivity contribution in [2.24, 2.45) is 0 Å². The van der Waals surface area contributed by atoms with E-state index < -0.39 is 11.9 Å². The van der Waals surface area contributed by atoms with Crippen LogP contribution in [0.5, 0.6) is 0 Å². The van der Waals surface area contributed by atoms with E-state index >= 15 is 0 Å². The number of aliphatic carboxylic acids is 2. The second-order valence-corrected chi connectivity index (χ2v) is 1.55. The van der Waals surface area contributed by atoms with Gasteiger partial charge in [-0.2, -0.15) is 0 Å². The number of rotatable bonds is 3. The van der Waals surface area contributed by atoms with E-state index in [1.165, 1.54) is 0 Å². The van der Waals surface area contributed by atoms with Gasteiger partial charge in [0.1, 0.15) is 0 Å². The van der Waals surface area contributed by atoms with Crippen LogP contribution >= 0.6 is 11.6 Å². The fraction of sp³-hybridized carbons (Fsp3) is 0.400. The van der Waals surface area contributed by atoms with Crippen LogP contribution in [0.3, 0.4) is 0 Å². The summed E-state index contributed by atoms with van der Waals surface area (Å²) < 4.78 is 0. The fourth-order valence-electron chi connectivity index (χ4n) is 0.214. The number of carboxylic acid groups (broad SMARTS) is 2. The quantitative estimate of drug-likeness (QED) is 0.485. The van der Waals surface area contributed by atoms with Crippen molar-refractivity contribution in [1.29, 1.82) is 0 Å². The van der Waals surface area contributed by atoms with Crippen molar-refractivity contribution >= 4 is 29.3 Å². The third-order valence-corrected chi connectivity index (χ3v) is 0.553. The summed E-state index contributed by atoms with van der Waals surface area (Å²) in [5.74, 6) is -1.93. The van der Waals surface area contributed by atoms with Crippen LogP contribution in [0, 0.1) is 0 Å². The number of hydrogen-bond donors (Lipinski definition) is 2. The maximum absolute atomic E-state index is 9.64. The molecule has 0 aliphatic heterocycles. The molecular weight excluding hydrogens is 176 g/mol. The maximum atomic E-state index is 9.64. The van der Waals surface area contributed by atoms with Crippen molar-refractivity contribution in [3.05, 3.63) is 0 Å². The lowest BCUT2D eigenvalue weighted by atomic mass is 10.3. The van der Waals surface area contributed by atoms with Gasteiger partial charge in [0.15, 0.2) is 0 Å². The van der Waals surface area contributed by atoms with E-state index in [1.54, 1.807) is 0 Å². The first kappa shape index (κ1) is 12.6. The number of hydrogen-bond acceptors (Lipinski definition) is 3. The van der Waals surface area contributed by atoms with Gasteiger partial charge in [0.2, 0.25) is 5.75 Å². The molecule has 0 aliphatic rings. The fourth-order valence-corrected chi connectivity index (χ4v) is 0.214. The Morgan fingerprint density at radius 1 is 1.18 bits per heavy atom. The van der Waals surface area contributed by atoms with Gasteiger partial charge in [0, 0.05) is 0 Å². The molecular formula is C5H7ClO5. The Labute approximate surface area is 67.6 Å². The molecule has 11 heavy (non-hydrogen) atoms. The summed E-state index contributed by atoms with van der Waals surface area (Å²) in [5, 5.41) is 15.8. The van der Waals surface area contributed by atoms with Crippen LogP contribution in [0.1, 0.15) is 12.8 Å². The van der Waals surface area contributed by atoms with E-state index in [9.17, 15) is 9.59 Å². The molecule has 0 rings (SSSR count). The average Bonchev–Trinajstić information content (AvgIpc) is 1.85. The zero-order valence-electron chi connectivity index (χ0n) is 5.49. The van der Waals surface area contributed by atoms with E-state index in [0.29, 0.717) is 0 Å². The summed E-state index contributed by atoms with van der Waals surface area (Å²) in [5.41, 5.74) is 0. The van der Waals surface area contributed by atoms with Gasteiger partial charge in [0.05, 0.1) is 12.8 Å². The van der Waals surface area contributed by atoms with Crippen LogP contribution in [0.4, 0.5) is 0 Å². The van der Waals surface area contributed by atoms with Gasteiger partial charge < -0.3 is 10.2 Å². The third kappa shape index (κ3) is 27.9. The van der Waals surface area contributed by atoms with Gasteiger partial charge in [-0.05, 0) is 11.6 Å². The first-order valence-electron chi connectivity index (χ1n) is 2.52. The van der Waals surface area contributed by atoms with Crippen molar-refractivity contribution < 1.29 is 24.6 Å². The van der Waals surface area contributed by atoms with Crippen molar-refractivity contribution in [1.82, 2.24) is 0 Å². The monoisotopic (exact) mass is 182 g/mol. The molecule has 0 heterocycles. The Morgan fingerprint density at radius 3 is 1.45 bits per heavy atom. The van der Waals surface area contributed by atoms with Gasteiger partial charge >= 0.3 is 11.9 Å². The highest BCUT2D eigenvalue weighted by Gasteiger charge is 2.00. The second-order valence-electron chi connectivity index (χ2n) is 1.38. The predicted molar refractivity (Wildman–Crippen MR) is 37.1 cm³/mol. The molecule has 0 saturated carbocycles. The van der Waals surface area contributed by atoms with E-state index in [4.69, 9.17) is 15.0 Å². The highest BCUT2D eigenvalue weighted by molar-refractivity contribution is 6.54. The Bertz CT molecular complexity index is 130. The molecule has 0 spiro atoms. The molecule has 0 bridgehead atoms. The summed E-state index contributed by atoms with van der Waals surface area (Å²) >= 11 is 4.32. The van der Waals surface area contributed by atoms with Crippen molar-refractivity contribution in [3.8, 4) is 0 Å². The van der Waals surface area contributed by atoms with E-state index in [-0.39, 0.29) is 18.6 Å². The van der Waals surface area contributed by atoms with Gasteiger partial charge in [-0.1, -0.05) is 0 Å². The summed E-state index contributed by atoms with van der Waals surface area (Å²) in [6, 6.07) is 0. The molecule has 0 aromatic carbocycles. The topological polar surface area (TPSA) is 91.7 Å².